The summed E-state index contributed by atoms with van der Waals surface area (Å²) in [5.41, 5.74) is 1.10. The van der Waals surface area contributed by atoms with Crippen LogP contribution in [0.25, 0.3) is 0 Å². The molecule has 0 aliphatic rings. The molecule has 0 radical (unpaired) electrons. The van der Waals surface area contributed by atoms with Crippen molar-refractivity contribution in [2.45, 2.75) is 53.0 Å². The summed E-state index contributed by atoms with van der Waals surface area (Å²) >= 11 is 0. The number of nitrogens with one attached hydrogen (secondary N) is 1. The largest absolute Gasteiger partial charge is 0.508 e. The zero-order chi connectivity index (χ0) is 14.3. The van der Waals surface area contributed by atoms with Gasteiger partial charge in [-0.05, 0) is 17.9 Å². The number of aromatic hydroxyl groups is 2. The number of hydrogen-bond acceptors (Lipinski definition) is 3. The molecule has 19 heavy (non-hydrogen) atoms. The predicted molar refractivity (Wildman–Crippen MR) is 79.4 cm³/mol. The Bertz CT molecular complexity index is 388. The van der Waals surface area contributed by atoms with Gasteiger partial charge in [0.25, 0.3) is 0 Å². The Morgan fingerprint density at radius 1 is 1.16 bits per heavy atom. The number of phenols is 2. The van der Waals surface area contributed by atoms with Crippen LogP contribution >= 0.6 is 0 Å². The highest BCUT2D eigenvalue weighted by Gasteiger charge is 2.16. The second kappa shape index (κ2) is 7.39. The van der Waals surface area contributed by atoms with Crippen molar-refractivity contribution in [3.8, 4) is 11.5 Å². The number of unbranched alkanes of at least 4 members (excludes halogenated alkanes) is 2. The number of phenolic OH excluding ortho intramolecular Hbond substituents is 2. The molecular weight excluding hydrogens is 238 g/mol. The summed E-state index contributed by atoms with van der Waals surface area (Å²) in [6.07, 6.45) is 5.04. The maximum absolute atomic E-state index is 9.69. The van der Waals surface area contributed by atoms with E-state index in [1.807, 2.05) is 0 Å². The Kier molecular flexibility index (Phi) is 6.16. The van der Waals surface area contributed by atoms with Gasteiger partial charge >= 0.3 is 0 Å². The topological polar surface area (TPSA) is 52.5 Å². The zero-order valence-corrected chi connectivity index (χ0v) is 12.4. The van der Waals surface area contributed by atoms with E-state index in [-0.39, 0.29) is 16.9 Å². The van der Waals surface area contributed by atoms with E-state index in [9.17, 15) is 10.2 Å². The molecule has 108 valence electrons. The minimum atomic E-state index is 0.0983. The van der Waals surface area contributed by atoms with E-state index in [4.69, 9.17) is 0 Å². The third kappa shape index (κ3) is 5.97. The summed E-state index contributed by atoms with van der Waals surface area (Å²) < 4.78 is 0. The fourth-order valence-electron chi connectivity index (χ4n) is 2.18. The normalized spacial score (nSPS) is 11.7. The lowest BCUT2D eigenvalue weighted by Crippen LogP contribution is -2.29. The third-order valence-corrected chi connectivity index (χ3v) is 3.44. The summed E-state index contributed by atoms with van der Waals surface area (Å²) in [7, 11) is 0. The summed E-state index contributed by atoms with van der Waals surface area (Å²) in [6, 6.07) is 4.73. The molecule has 3 heteroatoms. The van der Waals surface area contributed by atoms with Crippen molar-refractivity contribution >= 4 is 0 Å². The monoisotopic (exact) mass is 265 g/mol. The van der Waals surface area contributed by atoms with Gasteiger partial charge in [0, 0.05) is 24.7 Å². The summed E-state index contributed by atoms with van der Waals surface area (Å²) in [6.45, 7) is 8.32. The molecule has 0 fully saturated rings. The van der Waals surface area contributed by atoms with Gasteiger partial charge in [-0.25, -0.2) is 0 Å². The minimum Gasteiger partial charge on any atom is -0.508 e. The van der Waals surface area contributed by atoms with Gasteiger partial charge in [-0.3, -0.25) is 0 Å². The van der Waals surface area contributed by atoms with E-state index in [2.05, 4.69) is 26.1 Å². The van der Waals surface area contributed by atoms with Crippen molar-refractivity contribution in [3.05, 3.63) is 23.8 Å². The van der Waals surface area contributed by atoms with Gasteiger partial charge in [0.05, 0.1) is 0 Å². The van der Waals surface area contributed by atoms with E-state index in [1.54, 1.807) is 12.1 Å². The molecule has 0 amide bonds. The van der Waals surface area contributed by atoms with E-state index < -0.39 is 0 Å². The summed E-state index contributed by atoms with van der Waals surface area (Å²) in [5, 5.41) is 22.3. The Morgan fingerprint density at radius 2 is 1.89 bits per heavy atom. The van der Waals surface area contributed by atoms with E-state index in [0.717, 1.165) is 12.1 Å². The SMILES string of the molecule is CCCCCC(C)(C)CNCc1ccc(O)cc1O. The minimum absolute atomic E-state index is 0.0983. The van der Waals surface area contributed by atoms with Gasteiger partial charge in [-0.1, -0.05) is 46.1 Å². The van der Waals surface area contributed by atoms with Crippen LogP contribution in [0.1, 0.15) is 52.0 Å². The first-order chi connectivity index (χ1) is 8.94. The van der Waals surface area contributed by atoms with Gasteiger partial charge in [0.1, 0.15) is 11.5 Å². The van der Waals surface area contributed by atoms with Crippen LogP contribution in [0.4, 0.5) is 0 Å². The molecule has 1 aromatic rings. The van der Waals surface area contributed by atoms with Crippen molar-refractivity contribution in [2.24, 2.45) is 5.41 Å². The van der Waals surface area contributed by atoms with Crippen molar-refractivity contribution in [1.29, 1.82) is 0 Å². The molecule has 0 aliphatic carbocycles. The fraction of sp³-hybridized carbons (Fsp3) is 0.625. The molecular formula is C16H27NO2. The van der Waals surface area contributed by atoms with Gasteiger partial charge < -0.3 is 15.5 Å². The molecule has 3 nitrogen and oxygen atoms in total. The van der Waals surface area contributed by atoms with E-state index >= 15 is 0 Å². The molecule has 0 heterocycles. The zero-order valence-electron chi connectivity index (χ0n) is 12.4. The second-order valence-electron chi connectivity index (χ2n) is 6.04. The van der Waals surface area contributed by atoms with E-state index in [0.29, 0.717) is 6.54 Å². The molecule has 1 rings (SSSR count). The van der Waals surface area contributed by atoms with Crippen molar-refractivity contribution in [1.82, 2.24) is 5.32 Å². The van der Waals surface area contributed by atoms with Gasteiger partial charge in [-0.15, -0.1) is 0 Å². The van der Waals surface area contributed by atoms with Crippen LogP contribution in [0.2, 0.25) is 0 Å². The predicted octanol–water partition coefficient (Wildman–Crippen LogP) is 3.79. The Hall–Kier alpha value is -1.22. The van der Waals surface area contributed by atoms with Crippen LogP contribution in [0.5, 0.6) is 11.5 Å². The maximum Gasteiger partial charge on any atom is 0.123 e. The highest BCUT2D eigenvalue weighted by atomic mass is 16.3. The first-order valence-corrected chi connectivity index (χ1v) is 7.16. The molecule has 0 aliphatic heterocycles. The first-order valence-electron chi connectivity index (χ1n) is 7.16. The number of benzene rings is 1. The molecule has 0 saturated heterocycles. The van der Waals surface area contributed by atoms with E-state index in [1.165, 1.54) is 31.7 Å². The lowest BCUT2D eigenvalue weighted by molar-refractivity contribution is 0.301. The molecule has 3 N–H and O–H groups in total. The molecule has 0 unspecified atom stereocenters. The Labute approximate surface area is 116 Å². The van der Waals surface area contributed by atoms with Crippen LogP contribution in [-0.2, 0) is 6.54 Å². The third-order valence-electron chi connectivity index (χ3n) is 3.44. The van der Waals surface area contributed by atoms with Gasteiger partial charge in [-0.2, -0.15) is 0 Å². The highest BCUT2D eigenvalue weighted by molar-refractivity contribution is 5.38. The summed E-state index contributed by atoms with van der Waals surface area (Å²) in [4.78, 5) is 0. The second-order valence-corrected chi connectivity index (χ2v) is 6.04. The number of rotatable bonds is 8. The Morgan fingerprint density at radius 3 is 2.53 bits per heavy atom. The van der Waals surface area contributed by atoms with Crippen molar-refractivity contribution in [3.63, 3.8) is 0 Å². The first kappa shape index (κ1) is 15.8. The summed E-state index contributed by atoms with van der Waals surface area (Å²) in [5.74, 6) is 0.248. The molecule has 1 aromatic carbocycles. The lowest BCUT2D eigenvalue weighted by Gasteiger charge is -2.25. The molecule has 0 spiro atoms. The van der Waals surface area contributed by atoms with Gasteiger partial charge in [0.2, 0.25) is 0 Å². The van der Waals surface area contributed by atoms with Crippen LogP contribution in [0.15, 0.2) is 18.2 Å². The van der Waals surface area contributed by atoms with Crippen molar-refractivity contribution < 1.29 is 10.2 Å². The highest BCUT2D eigenvalue weighted by Crippen LogP contribution is 2.24. The molecule has 0 atom stereocenters. The van der Waals surface area contributed by atoms with Gasteiger partial charge in [0.15, 0.2) is 0 Å². The number of hydrogen-bond donors (Lipinski definition) is 3. The smallest absolute Gasteiger partial charge is 0.123 e. The average molecular weight is 265 g/mol. The molecule has 0 saturated carbocycles. The standard InChI is InChI=1S/C16H27NO2/c1-4-5-6-9-16(2,3)12-17-11-13-7-8-14(18)10-15(13)19/h7-8,10,17-19H,4-6,9,11-12H2,1-3H3. The Balaban J connectivity index is 2.36. The maximum atomic E-state index is 9.69. The van der Waals surface area contributed by atoms with Crippen LogP contribution < -0.4 is 5.32 Å². The quantitative estimate of drug-likeness (QED) is 0.627. The fourth-order valence-corrected chi connectivity index (χ4v) is 2.18. The van der Waals surface area contributed by atoms with Crippen LogP contribution in [-0.4, -0.2) is 16.8 Å². The van der Waals surface area contributed by atoms with Crippen LogP contribution in [0, 0.1) is 5.41 Å². The lowest BCUT2D eigenvalue weighted by atomic mass is 9.87. The van der Waals surface area contributed by atoms with Crippen molar-refractivity contribution in [2.75, 3.05) is 6.54 Å². The average Bonchev–Trinajstić information content (AvgIpc) is 2.32. The molecule has 0 bridgehead atoms. The van der Waals surface area contributed by atoms with Crippen LogP contribution in [0.3, 0.4) is 0 Å². The molecule has 0 aromatic heterocycles.